The van der Waals surface area contributed by atoms with Crippen molar-refractivity contribution in [3.05, 3.63) is 53.3 Å². The molecule has 1 aliphatic heterocycles. The summed E-state index contributed by atoms with van der Waals surface area (Å²) in [5.74, 6) is 0.496. The van der Waals surface area contributed by atoms with Gasteiger partial charge in [0.25, 0.3) is 5.91 Å². The fourth-order valence-electron chi connectivity index (χ4n) is 2.83. The van der Waals surface area contributed by atoms with Crippen LogP contribution in [0.1, 0.15) is 33.8 Å². The number of amides is 1. The molecule has 0 radical (unpaired) electrons. The second-order valence-electron chi connectivity index (χ2n) is 5.59. The summed E-state index contributed by atoms with van der Waals surface area (Å²) >= 11 is 0. The van der Waals surface area contributed by atoms with E-state index in [1.54, 1.807) is 0 Å². The average Bonchev–Trinajstić information content (AvgIpc) is 3.15. The van der Waals surface area contributed by atoms with E-state index in [2.05, 4.69) is 5.10 Å². The first-order valence-electron chi connectivity index (χ1n) is 7.24. The molecule has 0 bridgehead atoms. The van der Waals surface area contributed by atoms with Crippen LogP contribution in [0.2, 0.25) is 0 Å². The average molecular weight is 284 g/mol. The lowest BCUT2D eigenvalue weighted by Crippen LogP contribution is -2.28. The highest BCUT2D eigenvalue weighted by Crippen LogP contribution is 2.27. The maximum Gasteiger partial charge on any atom is 0.253 e. The monoisotopic (exact) mass is 284 g/mol. The molecule has 1 unspecified atom stereocenters. The van der Waals surface area contributed by atoms with Crippen molar-refractivity contribution >= 4 is 5.91 Å². The van der Waals surface area contributed by atoms with Gasteiger partial charge in [-0.25, -0.2) is 0 Å². The molecule has 1 aliphatic rings. The molecule has 110 valence electrons. The number of rotatable bonds is 3. The minimum Gasteiger partial charge on any atom is -0.338 e. The highest BCUT2D eigenvalue weighted by Gasteiger charge is 2.28. The first kappa shape index (κ1) is 13.8. The topological polar surface area (TPSA) is 64.2 Å². The molecule has 5 heteroatoms. The van der Waals surface area contributed by atoms with Gasteiger partial charge in [-0.05, 0) is 29.7 Å². The van der Waals surface area contributed by atoms with Crippen molar-refractivity contribution < 1.29 is 4.79 Å². The molecule has 2 heterocycles. The van der Waals surface area contributed by atoms with E-state index >= 15 is 0 Å². The number of nitrogens with zero attached hydrogens (tertiary/aromatic N) is 3. The van der Waals surface area contributed by atoms with E-state index < -0.39 is 0 Å². The van der Waals surface area contributed by atoms with Gasteiger partial charge in [-0.15, -0.1) is 0 Å². The molecule has 1 fully saturated rings. The third-order valence-corrected chi connectivity index (χ3v) is 4.11. The Hall–Kier alpha value is -2.14. The number of likely N-dealkylation sites (tertiary alicyclic amines) is 1. The number of benzene rings is 1. The summed E-state index contributed by atoms with van der Waals surface area (Å²) in [5, 5.41) is 4.21. The van der Waals surface area contributed by atoms with Gasteiger partial charge < -0.3 is 10.6 Å². The Kier molecular flexibility index (Phi) is 3.75. The molecule has 21 heavy (non-hydrogen) atoms. The van der Waals surface area contributed by atoms with Crippen LogP contribution in [-0.2, 0) is 13.6 Å². The van der Waals surface area contributed by atoms with Gasteiger partial charge in [-0.2, -0.15) is 5.10 Å². The van der Waals surface area contributed by atoms with E-state index in [4.69, 9.17) is 5.73 Å². The molecule has 2 N–H and O–H groups in total. The Balaban J connectivity index is 1.68. The smallest absolute Gasteiger partial charge is 0.253 e. The normalized spacial score (nSPS) is 18.2. The van der Waals surface area contributed by atoms with Crippen LogP contribution in [0.5, 0.6) is 0 Å². The quantitative estimate of drug-likeness (QED) is 0.929. The third kappa shape index (κ3) is 2.83. The second-order valence-corrected chi connectivity index (χ2v) is 5.59. The van der Waals surface area contributed by atoms with Gasteiger partial charge in [0, 0.05) is 44.4 Å². The minimum atomic E-state index is 0.102. The summed E-state index contributed by atoms with van der Waals surface area (Å²) in [7, 11) is 1.92. The molecule has 1 saturated heterocycles. The Bertz CT molecular complexity index is 632. The zero-order valence-corrected chi connectivity index (χ0v) is 12.2. The van der Waals surface area contributed by atoms with Crippen LogP contribution in [0.15, 0.2) is 36.7 Å². The van der Waals surface area contributed by atoms with Gasteiger partial charge in [0.15, 0.2) is 0 Å². The standard InChI is InChI=1S/C16H20N4O/c1-19-10-15(9-18-19)14-6-7-20(11-14)16(21)13-4-2-12(8-17)3-5-13/h2-5,9-10,14H,6-8,11,17H2,1H3. The first-order valence-corrected chi connectivity index (χ1v) is 7.24. The van der Waals surface area contributed by atoms with Crippen LogP contribution in [0.3, 0.4) is 0 Å². The number of hydrogen-bond acceptors (Lipinski definition) is 3. The first-order chi connectivity index (χ1) is 10.2. The molecule has 0 aliphatic carbocycles. The minimum absolute atomic E-state index is 0.102. The number of carbonyl (C=O) groups excluding carboxylic acids is 1. The predicted octanol–water partition coefficient (Wildman–Crippen LogP) is 1.51. The van der Waals surface area contributed by atoms with Gasteiger partial charge in [0.2, 0.25) is 0 Å². The van der Waals surface area contributed by atoms with Gasteiger partial charge in [0.1, 0.15) is 0 Å². The van der Waals surface area contributed by atoms with Crippen LogP contribution in [-0.4, -0.2) is 33.7 Å². The van der Waals surface area contributed by atoms with Crippen LogP contribution < -0.4 is 5.73 Å². The predicted molar refractivity (Wildman–Crippen MR) is 80.8 cm³/mol. The van der Waals surface area contributed by atoms with E-state index in [1.807, 2.05) is 53.3 Å². The van der Waals surface area contributed by atoms with Crippen LogP contribution in [0.25, 0.3) is 0 Å². The van der Waals surface area contributed by atoms with Crippen molar-refractivity contribution in [2.24, 2.45) is 12.8 Å². The van der Waals surface area contributed by atoms with E-state index in [9.17, 15) is 4.79 Å². The molecule has 1 aromatic heterocycles. The SMILES string of the molecule is Cn1cc(C2CCN(C(=O)c3ccc(CN)cc3)C2)cn1. The molecule has 1 atom stereocenters. The van der Waals surface area contributed by atoms with Crippen molar-refractivity contribution in [1.82, 2.24) is 14.7 Å². The molecule has 0 saturated carbocycles. The van der Waals surface area contributed by atoms with E-state index in [0.717, 1.165) is 30.6 Å². The van der Waals surface area contributed by atoms with Crippen molar-refractivity contribution in [3.63, 3.8) is 0 Å². The van der Waals surface area contributed by atoms with Crippen LogP contribution in [0.4, 0.5) is 0 Å². The molecular weight excluding hydrogens is 264 g/mol. The fraction of sp³-hybridized carbons (Fsp3) is 0.375. The van der Waals surface area contributed by atoms with Gasteiger partial charge in [0.05, 0.1) is 6.20 Å². The van der Waals surface area contributed by atoms with E-state index in [0.29, 0.717) is 12.5 Å². The van der Waals surface area contributed by atoms with Crippen molar-refractivity contribution in [2.45, 2.75) is 18.9 Å². The number of aromatic nitrogens is 2. The molecule has 1 amide bonds. The molecule has 2 aromatic rings. The molecule has 0 spiro atoms. The molecule has 1 aromatic carbocycles. The lowest BCUT2D eigenvalue weighted by atomic mass is 10.0. The second kappa shape index (κ2) is 5.69. The Morgan fingerprint density at radius 2 is 2.14 bits per heavy atom. The zero-order chi connectivity index (χ0) is 14.8. The van der Waals surface area contributed by atoms with E-state index in [-0.39, 0.29) is 5.91 Å². The Morgan fingerprint density at radius 3 is 2.76 bits per heavy atom. The highest BCUT2D eigenvalue weighted by atomic mass is 16.2. The number of hydrogen-bond donors (Lipinski definition) is 1. The van der Waals surface area contributed by atoms with Crippen LogP contribution >= 0.6 is 0 Å². The van der Waals surface area contributed by atoms with Crippen molar-refractivity contribution in [2.75, 3.05) is 13.1 Å². The summed E-state index contributed by atoms with van der Waals surface area (Å²) in [6.07, 6.45) is 4.93. The maximum atomic E-state index is 12.5. The number of aryl methyl sites for hydroxylation is 1. The van der Waals surface area contributed by atoms with Gasteiger partial charge >= 0.3 is 0 Å². The summed E-state index contributed by atoms with van der Waals surface area (Å²) in [4.78, 5) is 14.4. The fourth-order valence-corrected chi connectivity index (χ4v) is 2.83. The van der Waals surface area contributed by atoms with Gasteiger partial charge in [-0.1, -0.05) is 12.1 Å². The summed E-state index contributed by atoms with van der Waals surface area (Å²) in [6, 6.07) is 7.56. The number of nitrogens with two attached hydrogens (primary N) is 1. The van der Waals surface area contributed by atoms with Crippen molar-refractivity contribution in [1.29, 1.82) is 0 Å². The largest absolute Gasteiger partial charge is 0.338 e. The van der Waals surface area contributed by atoms with E-state index in [1.165, 1.54) is 5.56 Å². The highest BCUT2D eigenvalue weighted by molar-refractivity contribution is 5.94. The molecule has 5 nitrogen and oxygen atoms in total. The maximum absolute atomic E-state index is 12.5. The van der Waals surface area contributed by atoms with Crippen LogP contribution in [0, 0.1) is 0 Å². The third-order valence-electron chi connectivity index (χ3n) is 4.11. The summed E-state index contributed by atoms with van der Waals surface area (Å²) in [6.45, 7) is 2.07. The van der Waals surface area contributed by atoms with Crippen molar-refractivity contribution in [3.8, 4) is 0 Å². The Morgan fingerprint density at radius 1 is 1.38 bits per heavy atom. The summed E-state index contributed by atoms with van der Waals surface area (Å²) in [5.41, 5.74) is 8.57. The Labute approximate surface area is 124 Å². The lowest BCUT2D eigenvalue weighted by molar-refractivity contribution is 0.0791. The van der Waals surface area contributed by atoms with Gasteiger partial charge in [-0.3, -0.25) is 9.48 Å². The number of carbonyl (C=O) groups is 1. The molecular formula is C16H20N4O. The lowest BCUT2D eigenvalue weighted by Gasteiger charge is -2.16. The summed E-state index contributed by atoms with van der Waals surface area (Å²) < 4.78 is 1.81. The zero-order valence-electron chi connectivity index (χ0n) is 12.2. The molecule has 3 rings (SSSR count).